The molecule has 2 aromatic carbocycles. The first-order valence-electron chi connectivity index (χ1n) is 10.1. The number of rotatable bonds is 9. The van der Waals surface area contributed by atoms with Gasteiger partial charge in [-0.05, 0) is 51.0 Å². The molecule has 0 aliphatic rings. The fraction of sp³-hybridized carbons (Fsp3) is 0.417. The van der Waals surface area contributed by atoms with Crippen molar-refractivity contribution >= 4 is 35.2 Å². The number of benzene rings is 2. The molecule has 0 saturated heterocycles. The van der Waals surface area contributed by atoms with E-state index in [4.69, 9.17) is 11.6 Å². The number of carbonyl (C=O) groups excluding carboxylic acids is 2. The van der Waals surface area contributed by atoms with Gasteiger partial charge in [0.05, 0.1) is 0 Å². The minimum absolute atomic E-state index is 0.0259. The highest BCUT2D eigenvalue weighted by atomic mass is 35.5. The van der Waals surface area contributed by atoms with Crippen molar-refractivity contribution in [1.82, 2.24) is 10.2 Å². The Morgan fingerprint density at radius 3 is 2.27 bits per heavy atom. The van der Waals surface area contributed by atoms with Crippen LogP contribution in [0.5, 0.6) is 0 Å². The maximum Gasteiger partial charge on any atom is 0.242 e. The Labute approximate surface area is 189 Å². The van der Waals surface area contributed by atoms with E-state index in [0.29, 0.717) is 23.7 Å². The van der Waals surface area contributed by atoms with E-state index in [9.17, 15) is 9.59 Å². The maximum atomic E-state index is 13.0. The molecule has 6 heteroatoms. The first-order valence-corrected chi connectivity index (χ1v) is 11.7. The average molecular weight is 447 g/mol. The average Bonchev–Trinajstić information content (AvgIpc) is 2.69. The molecule has 0 spiro atoms. The van der Waals surface area contributed by atoms with E-state index in [-0.39, 0.29) is 17.4 Å². The molecular formula is C24H31ClN2O2S. The zero-order valence-corrected chi connectivity index (χ0v) is 19.7. The first kappa shape index (κ1) is 24.3. The number of amides is 2. The highest BCUT2D eigenvalue weighted by Gasteiger charge is 2.28. The summed E-state index contributed by atoms with van der Waals surface area (Å²) in [6, 6.07) is 17.0. The van der Waals surface area contributed by atoms with Gasteiger partial charge in [0.2, 0.25) is 11.8 Å². The molecule has 2 aromatic rings. The number of thioether (sulfide) groups is 1. The van der Waals surface area contributed by atoms with Gasteiger partial charge in [0, 0.05) is 35.0 Å². The summed E-state index contributed by atoms with van der Waals surface area (Å²) in [6.45, 7) is 7.96. The molecule has 0 fully saturated rings. The van der Waals surface area contributed by atoms with Crippen molar-refractivity contribution in [2.45, 2.75) is 58.0 Å². The lowest BCUT2D eigenvalue weighted by atomic mass is 10.1. The number of hydrogen-bond donors (Lipinski definition) is 1. The zero-order chi connectivity index (χ0) is 22.1. The summed E-state index contributed by atoms with van der Waals surface area (Å²) < 4.78 is 0. The van der Waals surface area contributed by atoms with Crippen molar-refractivity contribution in [3.8, 4) is 0 Å². The number of nitrogens with one attached hydrogen (secondary N) is 1. The maximum absolute atomic E-state index is 13.0. The van der Waals surface area contributed by atoms with Crippen LogP contribution < -0.4 is 5.32 Å². The van der Waals surface area contributed by atoms with Crippen molar-refractivity contribution in [3.63, 3.8) is 0 Å². The molecule has 4 nitrogen and oxygen atoms in total. The summed E-state index contributed by atoms with van der Waals surface area (Å²) in [5.41, 5.74) is 1.83. The summed E-state index contributed by atoms with van der Waals surface area (Å²) >= 11 is 7.71. The van der Waals surface area contributed by atoms with E-state index in [0.717, 1.165) is 11.3 Å². The summed E-state index contributed by atoms with van der Waals surface area (Å²) in [5.74, 6) is 1.40. The standard InChI is InChI=1S/C24H31ClN2O2S/c1-18(23(29)26-24(2,3)4)27(16-19-10-12-21(25)13-11-19)22(28)14-15-30-17-20-8-6-5-7-9-20/h5-13,18H,14-17H2,1-4H3,(H,26,29)/t18-/m0/s1. The molecule has 0 heterocycles. The topological polar surface area (TPSA) is 49.4 Å². The van der Waals surface area contributed by atoms with E-state index in [1.165, 1.54) is 5.56 Å². The van der Waals surface area contributed by atoms with Crippen LogP contribution in [0.15, 0.2) is 54.6 Å². The van der Waals surface area contributed by atoms with Gasteiger partial charge in [0.1, 0.15) is 6.04 Å². The molecule has 30 heavy (non-hydrogen) atoms. The van der Waals surface area contributed by atoms with Crippen molar-refractivity contribution in [2.75, 3.05) is 5.75 Å². The molecule has 0 aromatic heterocycles. The quantitative estimate of drug-likeness (QED) is 0.532. The van der Waals surface area contributed by atoms with Gasteiger partial charge >= 0.3 is 0 Å². The lowest BCUT2D eigenvalue weighted by Crippen LogP contribution is -2.52. The van der Waals surface area contributed by atoms with Gasteiger partial charge in [0.25, 0.3) is 0 Å². The van der Waals surface area contributed by atoms with Gasteiger partial charge in [-0.2, -0.15) is 11.8 Å². The second-order valence-electron chi connectivity index (χ2n) is 8.35. The molecule has 2 rings (SSSR count). The second-order valence-corrected chi connectivity index (χ2v) is 9.89. The number of carbonyl (C=O) groups is 2. The number of nitrogens with zero attached hydrogens (tertiary/aromatic N) is 1. The Morgan fingerprint density at radius 2 is 1.67 bits per heavy atom. The van der Waals surface area contributed by atoms with Crippen molar-refractivity contribution in [2.24, 2.45) is 0 Å². The lowest BCUT2D eigenvalue weighted by molar-refractivity contribution is -0.140. The molecule has 162 valence electrons. The van der Waals surface area contributed by atoms with Crippen molar-refractivity contribution in [3.05, 3.63) is 70.7 Å². The third-order valence-corrected chi connectivity index (χ3v) is 5.79. The largest absolute Gasteiger partial charge is 0.350 e. The van der Waals surface area contributed by atoms with Crippen LogP contribution in [0.4, 0.5) is 0 Å². The molecule has 1 N–H and O–H groups in total. The lowest BCUT2D eigenvalue weighted by Gasteiger charge is -2.31. The van der Waals surface area contributed by atoms with E-state index in [2.05, 4.69) is 17.4 Å². The fourth-order valence-electron chi connectivity index (χ4n) is 2.91. The van der Waals surface area contributed by atoms with Gasteiger partial charge in [-0.1, -0.05) is 54.1 Å². The van der Waals surface area contributed by atoms with Crippen LogP contribution in [0.1, 0.15) is 45.2 Å². The fourth-order valence-corrected chi connectivity index (χ4v) is 3.93. The SMILES string of the molecule is C[C@@H](C(=O)NC(C)(C)C)N(Cc1ccc(Cl)cc1)C(=O)CCSCc1ccccc1. The second kappa shape index (κ2) is 11.4. The molecule has 0 saturated carbocycles. The minimum atomic E-state index is -0.563. The Kier molecular flexibility index (Phi) is 9.25. The smallest absolute Gasteiger partial charge is 0.242 e. The van der Waals surface area contributed by atoms with E-state index < -0.39 is 6.04 Å². The summed E-state index contributed by atoms with van der Waals surface area (Å²) in [6.07, 6.45) is 0.387. The van der Waals surface area contributed by atoms with Gasteiger partial charge in [-0.25, -0.2) is 0 Å². The third kappa shape index (κ3) is 8.41. The Balaban J connectivity index is 2.02. The van der Waals surface area contributed by atoms with Gasteiger partial charge in [0.15, 0.2) is 0 Å². The monoisotopic (exact) mass is 446 g/mol. The minimum Gasteiger partial charge on any atom is -0.350 e. The van der Waals surface area contributed by atoms with Crippen LogP contribution in [-0.4, -0.2) is 34.0 Å². The number of hydrogen-bond acceptors (Lipinski definition) is 3. The summed E-state index contributed by atoms with van der Waals surface area (Å²) in [7, 11) is 0. The van der Waals surface area contributed by atoms with E-state index >= 15 is 0 Å². The first-order chi connectivity index (χ1) is 14.2. The Hall–Kier alpha value is -1.98. The van der Waals surface area contributed by atoms with Crippen molar-refractivity contribution < 1.29 is 9.59 Å². The summed E-state index contributed by atoms with van der Waals surface area (Å²) in [4.78, 5) is 27.4. The molecule has 1 atom stereocenters. The Morgan fingerprint density at radius 1 is 1.03 bits per heavy atom. The molecular weight excluding hydrogens is 416 g/mol. The third-order valence-electron chi connectivity index (χ3n) is 4.50. The van der Waals surface area contributed by atoms with E-state index in [1.807, 2.05) is 51.1 Å². The highest BCUT2D eigenvalue weighted by molar-refractivity contribution is 7.98. The molecule has 2 amide bonds. The Bertz CT molecular complexity index is 819. The predicted octanol–water partition coefficient (Wildman–Crippen LogP) is 5.30. The summed E-state index contributed by atoms with van der Waals surface area (Å²) in [5, 5.41) is 3.62. The van der Waals surface area contributed by atoms with Crippen LogP contribution in [0, 0.1) is 0 Å². The normalized spacial score (nSPS) is 12.3. The van der Waals surface area contributed by atoms with Crippen LogP contribution in [0.25, 0.3) is 0 Å². The van der Waals surface area contributed by atoms with Crippen LogP contribution in [-0.2, 0) is 21.9 Å². The zero-order valence-electron chi connectivity index (χ0n) is 18.2. The van der Waals surface area contributed by atoms with Crippen molar-refractivity contribution in [1.29, 1.82) is 0 Å². The van der Waals surface area contributed by atoms with Crippen LogP contribution >= 0.6 is 23.4 Å². The molecule has 0 aliphatic heterocycles. The predicted molar refractivity (Wildman–Crippen MR) is 127 cm³/mol. The molecule has 0 radical (unpaired) electrons. The molecule has 0 unspecified atom stereocenters. The van der Waals surface area contributed by atoms with Crippen LogP contribution in [0.2, 0.25) is 5.02 Å². The van der Waals surface area contributed by atoms with Gasteiger partial charge in [-0.3, -0.25) is 9.59 Å². The van der Waals surface area contributed by atoms with E-state index in [1.54, 1.807) is 35.7 Å². The van der Waals surface area contributed by atoms with Gasteiger partial charge < -0.3 is 10.2 Å². The van der Waals surface area contributed by atoms with Gasteiger partial charge in [-0.15, -0.1) is 0 Å². The number of halogens is 1. The van der Waals surface area contributed by atoms with Crippen LogP contribution in [0.3, 0.4) is 0 Å². The molecule has 0 aliphatic carbocycles. The molecule has 0 bridgehead atoms. The highest BCUT2D eigenvalue weighted by Crippen LogP contribution is 2.17.